The summed E-state index contributed by atoms with van der Waals surface area (Å²) in [4.78, 5) is 0. The smallest absolute Gasteiger partial charge is 0.283 e. The molecular weight excluding hydrogens is 482 g/mol. The fourth-order valence-corrected chi connectivity index (χ4v) is 5.73. The van der Waals surface area contributed by atoms with Gasteiger partial charge in [0.1, 0.15) is 16.5 Å². The molecule has 0 saturated carbocycles. The van der Waals surface area contributed by atoms with Crippen LogP contribution in [0, 0.1) is 0 Å². The number of phenols is 2. The Labute approximate surface area is 186 Å². The SMILES string of the molecule is O=S(=O)(O)C(c1ccccc1Cl)(c1cccc(O)c1Cl)c1ccc(O)c(Cl)c1Cl. The van der Waals surface area contributed by atoms with E-state index in [0.29, 0.717) is 0 Å². The second-order valence-corrected chi connectivity index (χ2v) is 9.14. The highest BCUT2D eigenvalue weighted by Crippen LogP contribution is 2.53. The van der Waals surface area contributed by atoms with Gasteiger partial charge in [0.25, 0.3) is 10.1 Å². The number of halogens is 4. The summed E-state index contributed by atoms with van der Waals surface area (Å²) in [5.74, 6) is -0.823. The number of aromatic hydroxyl groups is 2. The first-order chi connectivity index (χ1) is 13.5. The van der Waals surface area contributed by atoms with Crippen molar-refractivity contribution in [2.24, 2.45) is 0 Å². The van der Waals surface area contributed by atoms with Crippen LogP contribution in [0.25, 0.3) is 0 Å². The molecule has 0 radical (unpaired) electrons. The Morgan fingerprint density at radius 1 is 0.655 bits per heavy atom. The standard InChI is InChI=1S/C19H12Cl4O5S/c20-13-6-2-1-4-10(13)19(29(26,27)28,11-5-3-7-14(24)16(11)21)12-8-9-15(25)18(23)17(12)22/h1-9,24-25H,(H,26,27,28). The summed E-state index contributed by atoms with van der Waals surface area (Å²) < 4.78 is 34.1. The van der Waals surface area contributed by atoms with E-state index in [9.17, 15) is 23.2 Å². The summed E-state index contributed by atoms with van der Waals surface area (Å²) in [5, 5.41) is 18.9. The van der Waals surface area contributed by atoms with Crippen LogP contribution in [-0.2, 0) is 14.9 Å². The minimum atomic E-state index is -5.10. The zero-order chi connectivity index (χ0) is 21.6. The van der Waals surface area contributed by atoms with Gasteiger partial charge in [-0.25, -0.2) is 0 Å². The molecule has 3 N–H and O–H groups in total. The van der Waals surface area contributed by atoms with Gasteiger partial charge in [-0.05, 0) is 18.2 Å². The van der Waals surface area contributed by atoms with Gasteiger partial charge in [0, 0.05) is 21.7 Å². The van der Waals surface area contributed by atoms with Gasteiger partial charge in [-0.1, -0.05) is 82.8 Å². The molecule has 3 aromatic carbocycles. The van der Waals surface area contributed by atoms with E-state index in [4.69, 9.17) is 46.4 Å². The Kier molecular flexibility index (Phi) is 5.98. The predicted octanol–water partition coefficient (Wildman–Crippen LogP) is 5.89. The molecule has 3 rings (SSSR count). The summed E-state index contributed by atoms with van der Waals surface area (Å²) in [6, 6.07) is 12.1. The maximum atomic E-state index is 13.0. The molecular formula is C19H12Cl4O5S. The van der Waals surface area contributed by atoms with Crippen molar-refractivity contribution < 1.29 is 23.2 Å². The molecule has 0 bridgehead atoms. The monoisotopic (exact) mass is 492 g/mol. The van der Waals surface area contributed by atoms with Crippen LogP contribution in [0.2, 0.25) is 20.1 Å². The molecule has 0 amide bonds. The van der Waals surface area contributed by atoms with E-state index in [-0.39, 0.29) is 36.8 Å². The number of hydrogen-bond donors (Lipinski definition) is 3. The second-order valence-electron chi connectivity index (χ2n) is 6.03. The molecule has 3 aromatic rings. The van der Waals surface area contributed by atoms with Gasteiger partial charge in [-0.3, -0.25) is 4.55 Å². The highest BCUT2D eigenvalue weighted by molar-refractivity contribution is 7.87. The van der Waals surface area contributed by atoms with E-state index in [1.165, 1.54) is 42.5 Å². The predicted molar refractivity (Wildman–Crippen MR) is 114 cm³/mol. The number of rotatable bonds is 4. The van der Waals surface area contributed by atoms with Gasteiger partial charge in [0.2, 0.25) is 0 Å². The molecule has 1 unspecified atom stereocenters. The first-order valence-electron chi connectivity index (χ1n) is 7.91. The highest BCUT2D eigenvalue weighted by atomic mass is 35.5. The molecule has 0 saturated heterocycles. The quantitative estimate of drug-likeness (QED) is 0.311. The fourth-order valence-electron chi connectivity index (χ4n) is 3.20. The topological polar surface area (TPSA) is 94.8 Å². The van der Waals surface area contributed by atoms with Gasteiger partial charge in [-0.15, -0.1) is 0 Å². The first kappa shape index (κ1) is 22.0. The van der Waals surface area contributed by atoms with Gasteiger partial charge in [-0.2, -0.15) is 8.42 Å². The minimum absolute atomic E-state index is 0.0233. The van der Waals surface area contributed by atoms with E-state index >= 15 is 0 Å². The van der Waals surface area contributed by atoms with Crippen LogP contribution in [-0.4, -0.2) is 23.2 Å². The minimum Gasteiger partial charge on any atom is -0.506 e. The molecule has 0 aliphatic rings. The van der Waals surface area contributed by atoms with Crippen LogP contribution in [0.3, 0.4) is 0 Å². The Hall–Kier alpha value is -1.67. The summed E-state index contributed by atoms with van der Waals surface area (Å²) >= 11 is 25.0. The van der Waals surface area contributed by atoms with Gasteiger partial charge < -0.3 is 10.2 Å². The lowest BCUT2D eigenvalue weighted by molar-refractivity contribution is 0.455. The lowest BCUT2D eigenvalue weighted by Gasteiger charge is -2.34. The summed E-state index contributed by atoms with van der Waals surface area (Å²) in [7, 11) is -5.10. The highest BCUT2D eigenvalue weighted by Gasteiger charge is 2.52. The van der Waals surface area contributed by atoms with Crippen molar-refractivity contribution in [3.63, 3.8) is 0 Å². The van der Waals surface area contributed by atoms with Crippen LogP contribution in [0.1, 0.15) is 16.7 Å². The normalized spacial score (nSPS) is 13.8. The summed E-state index contributed by atoms with van der Waals surface area (Å²) in [5.41, 5.74) is -0.510. The molecule has 10 heteroatoms. The Bertz CT molecular complexity index is 1210. The fraction of sp³-hybridized carbons (Fsp3) is 0.0526. The Morgan fingerprint density at radius 2 is 1.21 bits per heavy atom. The maximum absolute atomic E-state index is 13.0. The molecule has 0 aliphatic heterocycles. The van der Waals surface area contributed by atoms with E-state index in [2.05, 4.69) is 0 Å². The van der Waals surface area contributed by atoms with Crippen molar-refractivity contribution in [2.75, 3.05) is 0 Å². The van der Waals surface area contributed by atoms with Crippen LogP contribution in [0.4, 0.5) is 0 Å². The van der Waals surface area contributed by atoms with Crippen LogP contribution >= 0.6 is 46.4 Å². The number of phenolic OH excluding ortho intramolecular Hbond substituents is 2. The van der Waals surface area contributed by atoms with Crippen molar-refractivity contribution in [3.05, 3.63) is 91.4 Å². The van der Waals surface area contributed by atoms with Gasteiger partial charge in [0.15, 0.2) is 4.75 Å². The van der Waals surface area contributed by atoms with E-state index in [0.717, 1.165) is 6.07 Å². The van der Waals surface area contributed by atoms with Crippen molar-refractivity contribution in [1.82, 2.24) is 0 Å². The molecule has 5 nitrogen and oxygen atoms in total. The van der Waals surface area contributed by atoms with Gasteiger partial charge in [0.05, 0.1) is 10.0 Å². The zero-order valence-electron chi connectivity index (χ0n) is 14.3. The molecule has 0 fully saturated rings. The van der Waals surface area contributed by atoms with Crippen molar-refractivity contribution in [1.29, 1.82) is 0 Å². The second kappa shape index (κ2) is 7.87. The van der Waals surface area contributed by atoms with Crippen LogP contribution in [0.15, 0.2) is 54.6 Å². The molecule has 0 heterocycles. The third-order valence-electron chi connectivity index (χ3n) is 4.44. The number of benzene rings is 3. The molecule has 1 atom stereocenters. The third-order valence-corrected chi connectivity index (χ3v) is 7.47. The average molecular weight is 494 g/mol. The van der Waals surface area contributed by atoms with Crippen molar-refractivity contribution >= 4 is 56.5 Å². The van der Waals surface area contributed by atoms with Crippen molar-refractivity contribution in [3.8, 4) is 11.5 Å². The first-order valence-corrected chi connectivity index (χ1v) is 10.9. The molecule has 0 spiro atoms. The molecule has 0 aliphatic carbocycles. The molecule has 29 heavy (non-hydrogen) atoms. The Balaban J connectivity index is 2.66. The largest absolute Gasteiger partial charge is 0.506 e. The lowest BCUT2D eigenvalue weighted by Crippen LogP contribution is -2.39. The molecule has 0 aromatic heterocycles. The number of hydrogen-bond acceptors (Lipinski definition) is 4. The van der Waals surface area contributed by atoms with E-state index in [1.54, 1.807) is 6.07 Å². The third kappa shape index (κ3) is 3.44. The summed E-state index contributed by atoms with van der Waals surface area (Å²) in [6.45, 7) is 0. The summed E-state index contributed by atoms with van der Waals surface area (Å²) in [6.07, 6.45) is 0. The van der Waals surface area contributed by atoms with Crippen LogP contribution < -0.4 is 0 Å². The van der Waals surface area contributed by atoms with E-state index in [1.807, 2.05) is 0 Å². The van der Waals surface area contributed by atoms with Crippen LogP contribution in [0.5, 0.6) is 11.5 Å². The Morgan fingerprint density at radius 3 is 1.83 bits per heavy atom. The van der Waals surface area contributed by atoms with Crippen molar-refractivity contribution in [2.45, 2.75) is 4.75 Å². The van der Waals surface area contributed by atoms with E-state index < -0.39 is 26.4 Å². The maximum Gasteiger partial charge on any atom is 0.283 e. The average Bonchev–Trinajstić information content (AvgIpc) is 2.65. The molecule has 152 valence electrons. The lowest BCUT2D eigenvalue weighted by atomic mass is 9.83. The zero-order valence-corrected chi connectivity index (χ0v) is 18.1. The van der Waals surface area contributed by atoms with Gasteiger partial charge >= 0.3 is 0 Å².